The summed E-state index contributed by atoms with van der Waals surface area (Å²) in [5.74, 6) is -0.433. The van der Waals surface area contributed by atoms with Crippen LogP contribution in [0, 0.1) is 0 Å². The quantitative estimate of drug-likeness (QED) is 0.774. The minimum Gasteiger partial charge on any atom is -0.366 e. The molecule has 1 aliphatic heterocycles. The number of piperidine rings is 1. The standard InChI is InChI=1S/C18H19N5O/c19-17(24)13-4-1-3-12(11-13)16-15-5-2-8-21-18(15)23(22-16)14-6-9-20-10-7-14/h1-5,8,11,14,20H,6-7,9-10H2,(H2,19,24). The van der Waals surface area contributed by atoms with Crippen LogP contribution in [0.2, 0.25) is 0 Å². The van der Waals surface area contributed by atoms with E-state index in [0.717, 1.165) is 48.2 Å². The summed E-state index contributed by atoms with van der Waals surface area (Å²) in [6.45, 7) is 1.98. The molecule has 0 radical (unpaired) electrons. The predicted octanol–water partition coefficient (Wildman–Crippen LogP) is 2.12. The lowest BCUT2D eigenvalue weighted by Crippen LogP contribution is -2.30. The first-order chi connectivity index (χ1) is 11.7. The summed E-state index contributed by atoms with van der Waals surface area (Å²) < 4.78 is 2.04. The van der Waals surface area contributed by atoms with Crippen molar-refractivity contribution in [3.8, 4) is 11.3 Å². The number of pyridine rings is 1. The number of carbonyl (C=O) groups is 1. The van der Waals surface area contributed by atoms with Crippen molar-refractivity contribution in [3.63, 3.8) is 0 Å². The molecule has 3 heterocycles. The van der Waals surface area contributed by atoms with Gasteiger partial charge in [-0.2, -0.15) is 5.10 Å². The van der Waals surface area contributed by atoms with Crippen LogP contribution in [0.25, 0.3) is 22.3 Å². The fourth-order valence-electron chi connectivity index (χ4n) is 3.31. The number of primary amides is 1. The van der Waals surface area contributed by atoms with Crippen LogP contribution < -0.4 is 11.1 Å². The summed E-state index contributed by atoms with van der Waals surface area (Å²) in [6.07, 6.45) is 3.87. The Balaban J connectivity index is 1.87. The van der Waals surface area contributed by atoms with Crippen LogP contribution in [-0.4, -0.2) is 33.8 Å². The third-order valence-electron chi connectivity index (χ3n) is 4.54. The molecular weight excluding hydrogens is 302 g/mol. The Labute approximate surface area is 139 Å². The molecule has 4 rings (SSSR count). The fourth-order valence-corrected chi connectivity index (χ4v) is 3.31. The first-order valence-corrected chi connectivity index (χ1v) is 8.18. The molecule has 1 fully saturated rings. The number of rotatable bonds is 3. The van der Waals surface area contributed by atoms with Crippen molar-refractivity contribution >= 4 is 16.9 Å². The van der Waals surface area contributed by atoms with Crippen molar-refractivity contribution in [1.29, 1.82) is 0 Å². The van der Waals surface area contributed by atoms with Crippen LogP contribution in [-0.2, 0) is 0 Å². The topological polar surface area (TPSA) is 85.8 Å². The molecule has 3 N–H and O–H groups in total. The van der Waals surface area contributed by atoms with E-state index >= 15 is 0 Å². The van der Waals surface area contributed by atoms with Gasteiger partial charge in [-0.15, -0.1) is 0 Å². The molecule has 3 aromatic rings. The van der Waals surface area contributed by atoms with Gasteiger partial charge in [0, 0.05) is 22.7 Å². The number of nitrogens with two attached hydrogens (primary N) is 1. The van der Waals surface area contributed by atoms with E-state index in [1.807, 2.05) is 28.9 Å². The van der Waals surface area contributed by atoms with Gasteiger partial charge in [0.25, 0.3) is 0 Å². The lowest BCUT2D eigenvalue weighted by Gasteiger charge is -2.23. The zero-order valence-corrected chi connectivity index (χ0v) is 13.3. The Bertz CT molecular complexity index is 895. The second-order valence-corrected chi connectivity index (χ2v) is 6.09. The van der Waals surface area contributed by atoms with E-state index < -0.39 is 5.91 Å². The Morgan fingerprint density at radius 2 is 2.04 bits per heavy atom. The maximum absolute atomic E-state index is 11.5. The molecule has 1 aliphatic rings. The van der Waals surface area contributed by atoms with Crippen LogP contribution in [0.1, 0.15) is 29.2 Å². The van der Waals surface area contributed by atoms with E-state index in [1.54, 1.807) is 18.3 Å². The lowest BCUT2D eigenvalue weighted by atomic mass is 10.1. The van der Waals surface area contributed by atoms with Crippen LogP contribution in [0.3, 0.4) is 0 Å². The predicted molar refractivity (Wildman–Crippen MR) is 92.6 cm³/mol. The molecule has 0 aliphatic carbocycles. The third kappa shape index (κ3) is 2.55. The molecular formula is C18H19N5O. The SMILES string of the molecule is NC(=O)c1cccc(-c2nn(C3CCNCC3)c3ncccc23)c1. The molecule has 2 aromatic heterocycles. The number of fused-ring (bicyclic) bond motifs is 1. The van der Waals surface area contributed by atoms with Gasteiger partial charge in [-0.1, -0.05) is 12.1 Å². The maximum Gasteiger partial charge on any atom is 0.248 e. The van der Waals surface area contributed by atoms with Gasteiger partial charge >= 0.3 is 0 Å². The minimum atomic E-state index is -0.433. The summed E-state index contributed by atoms with van der Waals surface area (Å²) in [5.41, 5.74) is 8.52. The Morgan fingerprint density at radius 1 is 1.21 bits per heavy atom. The number of carbonyl (C=O) groups excluding carboxylic acids is 1. The molecule has 1 saturated heterocycles. The van der Waals surface area contributed by atoms with Crippen LogP contribution >= 0.6 is 0 Å². The van der Waals surface area contributed by atoms with Crippen LogP contribution in [0.4, 0.5) is 0 Å². The van der Waals surface area contributed by atoms with Crippen molar-refractivity contribution < 1.29 is 4.79 Å². The largest absolute Gasteiger partial charge is 0.366 e. The molecule has 1 amide bonds. The fraction of sp³-hybridized carbons (Fsp3) is 0.278. The van der Waals surface area contributed by atoms with Crippen molar-refractivity contribution in [2.75, 3.05) is 13.1 Å². The van der Waals surface area contributed by atoms with Crippen molar-refractivity contribution in [3.05, 3.63) is 48.2 Å². The third-order valence-corrected chi connectivity index (χ3v) is 4.54. The summed E-state index contributed by atoms with van der Waals surface area (Å²) in [5, 5.41) is 9.23. The number of nitrogens with one attached hydrogen (secondary N) is 1. The van der Waals surface area contributed by atoms with E-state index in [4.69, 9.17) is 10.8 Å². The number of hydrogen-bond donors (Lipinski definition) is 2. The molecule has 0 spiro atoms. The van der Waals surface area contributed by atoms with E-state index in [9.17, 15) is 4.79 Å². The first-order valence-electron chi connectivity index (χ1n) is 8.18. The lowest BCUT2D eigenvalue weighted by molar-refractivity contribution is 0.100. The van der Waals surface area contributed by atoms with Crippen molar-refractivity contribution in [1.82, 2.24) is 20.1 Å². The number of nitrogens with zero attached hydrogens (tertiary/aromatic N) is 3. The van der Waals surface area contributed by atoms with Gasteiger partial charge in [0.15, 0.2) is 5.65 Å². The molecule has 0 saturated carbocycles. The van der Waals surface area contributed by atoms with Gasteiger partial charge in [-0.05, 0) is 50.2 Å². The Kier molecular flexibility index (Phi) is 3.74. The number of aromatic nitrogens is 3. The highest BCUT2D eigenvalue weighted by atomic mass is 16.1. The zero-order valence-electron chi connectivity index (χ0n) is 13.3. The monoisotopic (exact) mass is 321 g/mol. The Hall–Kier alpha value is -2.73. The molecule has 0 unspecified atom stereocenters. The van der Waals surface area contributed by atoms with Gasteiger partial charge in [0.2, 0.25) is 5.91 Å². The van der Waals surface area contributed by atoms with E-state index in [-0.39, 0.29) is 0 Å². The normalized spacial score (nSPS) is 15.7. The van der Waals surface area contributed by atoms with Crippen LogP contribution in [0.15, 0.2) is 42.6 Å². The average Bonchev–Trinajstić information content (AvgIpc) is 3.02. The van der Waals surface area contributed by atoms with Gasteiger partial charge in [-0.3, -0.25) is 4.79 Å². The van der Waals surface area contributed by atoms with Gasteiger partial charge in [0.1, 0.15) is 5.69 Å². The molecule has 1 aromatic carbocycles. The summed E-state index contributed by atoms with van der Waals surface area (Å²) >= 11 is 0. The molecule has 6 nitrogen and oxygen atoms in total. The molecule has 0 atom stereocenters. The van der Waals surface area contributed by atoms with Crippen LogP contribution in [0.5, 0.6) is 0 Å². The molecule has 6 heteroatoms. The summed E-state index contributed by atoms with van der Waals surface area (Å²) in [4.78, 5) is 16.0. The zero-order chi connectivity index (χ0) is 16.5. The minimum absolute atomic E-state index is 0.344. The first kappa shape index (κ1) is 14.8. The smallest absolute Gasteiger partial charge is 0.248 e. The van der Waals surface area contributed by atoms with Crippen molar-refractivity contribution in [2.45, 2.75) is 18.9 Å². The number of amides is 1. The summed E-state index contributed by atoms with van der Waals surface area (Å²) in [7, 11) is 0. The maximum atomic E-state index is 11.5. The molecule has 122 valence electrons. The van der Waals surface area contributed by atoms with Crippen molar-refractivity contribution in [2.24, 2.45) is 5.73 Å². The Morgan fingerprint density at radius 3 is 2.83 bits per heavy atom. The van der Waals surface area contributed by atoms with Gasteiger partial charge < -0.3 is 11.1 Å². The highest BCUT2D eigenvalue weighted by Gasteiger charge is 2.21. The number of hydrogen-bond acceptors (Lipinski definition) is 4. The van der Waals surface area contributed by atoms with E-state index in [0.29, 0.717) is 11.6 Å². The van der Waals surface area contributed by atoms with Gasteiger partial charge in [-0.25, -0.2) is 9.67 Å². The molecule has 24 heavy (non-hydrogen) atoms. The highest BCUT2D eigenvalue weighted by Crippen LogP contribution is 2.31. The average molecular weight is 321 g/mol. The number of benzene rings is 1. The summed E-state index contributed by atoms with van der Waals surface area (Å²) in [6, 6.07) is 11.6. The van der Waals surface area contributed by atoms with E-state index in [1.165, 1.54) is 0 Å². The second kappa shape index (κ2) is 6.05. The van der Waals surface area contributed by atoms with E-state index in [2.05, 4.69) is 10.3 Å². The molecule has 0 bridgehead atoms. The highest BCUT2D eigenvalue weighted by molar-refractivity contribution is 5.96. The van der Waals surface area contributed by atoms with Gasteiger partial charge in [0.05, 0.1) is 6.04 Å². The second-order valence-electron chi connectivity index (χ2n) is 6.09.